The van der Waals surface area contributed by atoms with Gasteiger partial charge in [0.25, 0.3) is 0 Å². The fourth-order valence-electron chi connectivity index (χ4n) is 6.63. The normalized spacial score (nSPS) is 22.5. The molecule has 0 spiro atoms. The summed E-state index contributed by atoms with van der Waals surface area (Å²) in [6.45, 7) is 3.80. The summed E-state index contributed by atoms with van der Waals surface area (Å²) in [7, 11) is 0. The van der Waals surface area contributed by atoms with Gasteiger partial charge >= 0.3 is 0 Å². The van der Waals surface area contributed by atoms with E-state index in [0.29, 0.717) is 12.8 Å². The van der Waals surface area contributed by atoms with Crippen LogP contribution in [0, 0.1) is 0 Å². The molecule has 1 fully saturated rings. The molecular weight excluding hydrogens is 610 g/mol. The van der Waals surface area contributed by atoms with Gasteiger partial charge in [0.05, 0.1) is 25.4 Å². The van der Waals surface area contributed by atoms with Crippen LogP contribution < -0.4 is 5.32 Å². The van der Waals surface area contributed by atoms with Crippen molar-refractivity contribution in [2.24, 2.45) is 0 Å². The quantitative estimate of drug-likeness (QED) is 0.0396. The highest BCUT2D eigenvalue weighted by molar-refractivity contribution is 5.76. The average molecular weight is 688 g/mol. The summed E-state index contributed by atoms with van der Waals surface area (Å²) in [6, 6.07) is -0.708. The molecule has 0 aliphatic carbocycles. The number of nitrogens with one attached hydrogen (secondary N) is 1. The summed E-state index contributed by atoms with van der Waals surface area (Å²) >= 11 is 0. The average Bonchev–Trinajstić information content (AvgIpc) is 3.08. The number of carbonyl (C=O) groups is 1. The summed E-state index contributed by atoms with van der Waals surface area (Å²) < 4.78 is 11.2. The van der Waals surface area contributed by atoms with Crippen molar-refractivity contribution in [1.29, 1.82) is 0 Å². The molecule has 6 N–H and O–H groups in total. The second kappa shape index (κ2) is 31.0. The first-order chi connectivity index (χ1) is 23.3. The van der Waals surface area contributed by atoms with Gasteiger partial charge in [-0.1, -0.05) is 168 Å². The van der Waals surface area contributed by atoms with Crippen LogP contribution in [-0.4, -0.2) is 87.5 Å². The van der Waals surface area contributed by atoms with Gasteiger partial charge in [0.2, 0.25) is 5.91 Å². The lowest BCUT2D eigenvalue weighted by atomic mass is 9.99. The maximum absolute atomic E-state index is 12.9. The maximum atomic E-state index is 12.9. The topological polar surface area (TPSA) is 149 Å². The number of hydrogen-bond acceptors (Lipinski definition) is 8. The van der Waals surface area contributed by atoms with Gasteiger partial charge in [0.15, 0.2) is 6.29 Å². The van der Waals surface area contributed by atoms with Crippen molar-refractivity contribution in [2.75, 3.05) is 13.2 Å². The third-order valence-electron chi connectivity index (χ3n) is 9.96. The number of ether oxygens (including phenoxy) is 2. The number of amides is 1. The minimum absolute atomic E-state index is 0.133. The van der Waals surface area contributed by atoms with E-state index in [1.807, 2.05) is 0 Å². The number of carbonyl (C=O) groups excluding carboxylic acids is 1. The van der Waals surface area contributed by atoms with Crippen molar-refractivity contribution in [2.45, 2.75) is 230 Å². The van der Waals surface area contributed by atoms with Gasteiger partial charge in [0.1, 0.15) is 24.4 Å². The van der Waals surface area contributed by atoms with Crippen LogP contribution in [0.25, 0.3) is 0 Å². The highest BCUT2D eigenvalue weighted by Crippen LogP contribution is 2.23. The Morgan fingerprint density at radius 1 is 0.625 bits per heavy atom. The van der Waals surface area contributed by atoms with E-state index >= 15 is 0 Å². The standard InChI is InChI=1S/C39H77NO8/c1-3-5-7-9-11-13-14-15-16-17-18-19-21-23-25-27-29-35(43)40-32(33(42)28-26-24-22-20-12-10-8-6-4-2)31-47-39-38(46)37(45)36(44)34(30-41)48-39/h32-34,36-39,41-42,44-46H,3-31H2,1-2H3,(H,40,43)/t32-,33+,34+,36+,37?,38?,39+/m0/s1. The first-order valence-corrected chi connectivity index (χ1v) is 20.2. The van der Waals surface area contributed by atoms with E-state index in [4.69, 9.17) is 9.47 Å². The molecule has 286 valence electrons. The number of unbranched alkanes of at least 4 members (excludes halogenated alkanes) is 23. The Balaban J connectivity index is 2.34. The Morgan fingerprint density at radius 3 is 1.48 bits per heavy atom. The number of aliphatic hydroxyl groups excluding tert-OH is 5. The molecule has 48 heavy (non-hydrogen) atoms. The number of hydrogen-bond donors (Lipinski definition) is 6. The second-order valence-corrected chi connectivity index (χ2v) is 14.4. The third-order valence-corrected chi connectivity index (χ3v) is 9.96. The summed E-state index contributed by atoms with van der Waals surface area (Å²) in [4.78, 5) is 12.9. The van der Waals surface area contributed by atoms with Gasteiger partial charge in [-0.15, -0.1) is 0 Å². The fourth-order valence-corrected chi connectivity index (χ4v) is 6.63. The highest BCUT2D eigenvalue weighted by atomic mass is 16.7. The van der Waals surface area contributed by atoms with Gasteiger partial charge in [-0.2, -0.15) is 0 Å². The van der Waals surface area contributed by atoms with Gasteiger partial charge in [-0.05, 0) is 12.8 Å². The van der Waals surface area contributed by atoms with Crippen LogP contribution in [0.2, 0.25) is 0 Å². The summed E-state index contributed by atoms with van der Waals surface area (Å²) in [5.74, 6) is -0.145. The zero-order chi connectivity index (χ0) is 35.2. The Kier molecular flexibility index (Phi) is 29.2. The Hall–Kier alpha value is -0.810. The molecule has 0 bridgehead atoms. The molecule has 2 unspecified atom stereocenters. The fraction of sp³-hybridized carbons (Fsp3) is 0.974. The lowest BCUT2D eigenvalue weighted by Crippen LogP contribution is -2.60. The number of rotatable bonds is 33. The number of aliphatic hydroxyl groups is 5. The lowest BCUT2D eigenvalue weighted by Gasteiger charge is -2.40. The molecule has 1 amide bonds. The first-order valence-electron chi connectivity index (χ1n) is 20.2. The minimum atomic E-state index is -1.55. The molecule has 7 atom stereocenters. The molecule has 0 radical (unpaired) electrons. The molecule has 0 saturated carbocycles. The first kappa shape index (κ1) is 45.2. The monoisotopic (exact) mass is 688 g/mol. The van der Waals surface area contributed by atoms with E-state index in [2.05, 4.69) is 19.2 Å². The smallest absolute Gasteiger partial charge is 0.220 e. The van der Waals surface area contributed by atoms with E-state index in [-0.39, 0.29) is 12.5 Å². The van der Waals surface area contributed by atoms with Gasteiger partial charge in [-0.3, -0.25) is 4.79 Å². The molecule has 1 rings (SSSR count). The molecule has 0 aromatic rings. The second-order valence-electron chi connectivity index (χ2n) is 14.4. The summed E-state index contributed by atoms with van der Waals surface area (Å²) in [5.41, 5.74) is 0. The van der Waals surface area contributed by atoms with Crippen LogP contribution in [-0.2, 0) is 14.3 Å². The van der Waals surface area contributed by atoms with Crippen molar-refractivity contribution in [3.05, 3.63) is 0 Å². The van der Waals surface area contributed by atoms with Crippen LogP contribution >= 0.6 is 0 Å². The summed E-state index contributed by atoms with van der Waals surface area (Å²) in [5, 5.41) is 54.0. The Morgan fingerprint density at radius 2 is 1.04 bits per heavy atom. The zero-order valence-corrected chi connectivity index (χ0v) is 31.0. The lowest BCUT2D eigenvalue weighted by molar-refractivity contribution is -0.302. The van der Waals surface area contributed by atoms with Crippen molar-refractivity contribution in [3.8, 4) is 0 Å². The molecule has 1 aliphatic rings. The molecule has 9 nitrogen and oxygen atoms in total. The van der Waals surface area contributed by atoms with Gasteiger partial charge in [-0.25, -0.2) is 0 Å². The Bertz CT molecular complexity index is 726. The van der Waals surface area contributed by atoms with Crippen molar-refractivity contribution in [3.63, 3.8) is 0 Å². The van der Waals surface area contributed by atoms with Crippen molar-refractivity contribution >= 4 is 5.91 Å². The highest BCUT2D eigenvalue weighted by Gasteiger charge is 2.44. The van der Waals surface area contributed by atoms with E-state index < -0.39 is 49.5 Å². The van der Waals surface area contributed by atoms with Crippen molar-refractivity contribution in [1.82, 2.24) is 5.32 Å². The zero-order valence-electron chi connectivity index (χ0n) is 31.0. The van der Waals surface area contributed by atoms with E-state index in [9.17, 15) is 30.3 Å². The maximum Gasteiger partial charge on any atom is 0.220 e. The molecule has 9 heteroatoms. The molecule has 1 aliphatic heterocycles. The SMILES string of the molecule is CCCCCCCCCCCCCCCCCCC(=O)N[C@@H](CO[C@@H]1O[C@H](CO)[C@@H](O)C(O)C1O)[C@H](O)CCCCCCCCCCC. The third kappa shape index (κ3) is 22.1. The van der Waals surface area contributed by atoms with Crippen LogP contribution in [0.5, 0.6) is 0 Å². The van der Waals surface area contributed by atoms with E-state index in [0.717, 1.165) is 38.5 Å². The molecule has 0 aromatic carbocycles. The van der Waals surface area contributed by atoms with Crippen LogP contribution in [0.15, 0.2) is 0 Å². The molecule has 1 heterocycles. The molecule has 0 aromatic heterocycles. The van der Waals surface area contributed by atoms with Crippen molar-refractivity contribution < 1.29 is 39.8 Å². The largest absolute Gasteiger partial charge is 0.394 e. The van der Waals surface area contributed by atoms with Crippen LogP contribution in [0.3, 0.4) is 0 Å². The van der Waals surface area contributed by atoms with E-state index in [1.54, 1.807) is 0 Å². The van der Waals surface area contributed by atoms with Crippen LogP contribution in [0.1, 0.15) is 187 Å². The van der Waals surface area contributed by atoms with Gasteiger partial charge in [0, 0.05) is 6.42 Å². The van der Waals surface area contributed by atoms with E-state index in [1.165, 1.54) is 122 Å². The Labute approximate surface area is 294 Å². The molecular formula is C39H77NO8. The van der Waals surface area contributed by atoms with Crippen LogP contribution in [0.4, 0.5) is 0 Å². The predicted molar refractivity (Wildman–Crippen MR) is 194 cm³/mol. The minimum Gasteiger partial charge on any atom is -0.394 e. The molecule has 1 saturated heterocycles. The summed E-state index contributed by atoms with van der Waals surface area (Å²) in [6.07, 6.45) is 24.0. The predicted octanol–water partition coefficient (Wildman–Crippen LogP) is 7.22. The van der Waals surface area contributed by atoms with Gasteiger partial charge < -0.3 is 40.3 Å².